The normalized spacial score (nSPS) is 20.1. The highest BCUT2D eigenvalue weighted by atomic mass is 16.5. The topological polar surface area (TPSA) is 99.4 Å². The number of nitrogens with zero attached hydrogens (tertiary/aromatic N) is 4. The number of likely N-dealkylation sites (tertiary alicyclic amines) is 1. The molecule has 1 aliphatic heterocycles. The molecule has 1 atom stereocenters. The van der Waals surface area contributed by atoms with Crippen LogP contribution in [0.25, 0.3) is 10.9 Å². The number of piperidine rings is 1. The van der Waals surface area contributed by atoms with Crippen molar-refractivity contribution in [3.05, 3.63) is 46.0 Å². The summed E-state index contributed by atoms with van der Waals surface area (Å²) in [6.45, 7) is 7.82. The molecule has 3 heterocycles. The van der Waals surface area contributed by atoms with Crippen molar-refractivity contribution in [2.24, 2.45) is 5.92 Å². The van der Waals surface area contributed by atoms with E-state index in [9.17, 15) is 4.79 Å². The summed E-state index contributed by atoms with van der Waals surface area (Å²) < 4.78 is 12.7. The minimum Gasteiger partial charge on any atom is -0.494 e. The standard InChI is InChI=1S/C22H30N6O3/c1-4-31-17-5-6-19-16(13-17)14-18(22(29)23-19)20(27-9-7-15(2)8-10-27)21-24-25-26-28(21)11-12-30-3/h5-6,13-15,20H,4,7-12H2,1-3H3,(H,23,29)/p+1/t20-/m0/s1. The molecule has 1 saturated heterocycles. The van der Waals surface area contributed by atoms with Crippen LogP contribution in [0.5, 0.6) is 5.75 Å². The number of pyridine rings is 1. The third-order valence-electron chi connectivity index (χ3n) is 6.12. The third-order valence-corrected chi connectivity index (χ3v) is 6.12. The van der Waals surface area contributed by atoms with Gasteiger partial charge in [-0.1, -0.05) is 6.92 Å². The Hall–Kier alpha value is -2.78. The minimum atomic E-state index is -0.247. The molecule has 0 radical (unpaired) electrons. The number of aromatic amines is 1. The molecule has 4 rings (SSSR count). The predicted octanol–water partition coefficient (Wildman–Crippen LogP) is 0.964. The van der Waals surface area contributed by atoms with Crippen LogP contribution in [-0.2, 0) is 11.3 Å². The molecule has 0 aliphatic carbocycles. The molecule has 3 aromatic rings. The van der Waals surface area contributed by atoms with E-state index in [4.69, 9.17) is 9.47 Å². The smallest absolute Gasteiger partial charge is 0.258 e. The number of fused-ring (bicyclic) bond motifs is 1. The van der Waals surface area contributed by atoms with Gasteiger partial charge in [-0.3, -0.25) is 4.79 Å². The van der Waals surface area contributed by atoms with Gasteiger partial charge in [-0.25, -0.2) is 4.68 Å². The number of ether oxygens (including phenoxy) is 2. The van der Waals surface area contributed by atoms with Gasteiger partial charge in [0.05, 0.1) is 38.4 Å². The van der Waals surface area contributed by atoms with E-state index in [2.05, 4.69) is 27.4 Å². The Bertz CT molecular complexity index is 1070. The molecule has 2 N–H and O–H groups in total. The lowest BCUT2D eigenvalue weighted by Gasteiger charge is -2.33. The Morgan fingerprint density at radius 1 is 1.29 bits per heavy atom. The Labute approximate surface area is 181 Å². The van der Waals surface area contributed by atoms with Gasteiger partial charge >= 0.3 is 0 Å². The molecule has 1 aliphatic rings. The molecule has 0 bridgehead atoms. The maximum atomic E-state index is 13.2. The van der Waals surface area contributed by atoms with Crippen LogP contribution in [0.3, 0.4) is 0 Å². The second-order valence-electron chi connectivity index (χ2n) is 8.26. The second kappa shape index (κ2) is 9.57. The van der Waals surface area contributed by atoms with Crippen molar-refractivity contribution in [3.63, 3.8) is 0 Å². The van der Waals surface area contributed by atoms with Crippen LogP contribution < -0.4 is 15.2 Å². The molecule has 9 heteroatoms. The third kappa shape index (κ3) is 4.62. The zero-order valence-corrected chi connectivity index (χ0v) is 18.4. The fourth-order valence-corrected chi connectivity index (χ4v) is 4.39. The van der Waals surface area contributed by atoms with Crippen LogP contribution in [-0.4, -0.2) is 58.6 Å². The van der Waals surface area contributed by atoms with E-state index in [0.717, 1.165) is 42.6 Å². The SMILES string of the molecule is CCOc1ccc2[nH]c(=O)c([C@@H](c3nnnn3CCOC)[NH+]3CCC(C)CC3)cc2c1. The second-order valence-corrected chi connectivity index (χ2v) is 8.26. The van der Waals surface area contributed by atoms with Gasteiger partial charge in [-0.05, 0) is 60.4 Å². The monoisotopic (exact) mass is 427 g/mol. The Kier molecular flexibility index (Phi) is 6.62. The molecule has 0 unspecified atom stereocenters. The molecular formula is C22H31N6O3+. The van der Waals surface area contributed by atoms with Gasteiger partial charge in [-0.2, -0.15) is 0 Å². The summed E-state index contributed by atoms with van der Waals surface area (Å²) in [5, 5.41) is 13.4. The highest BCUT2D eigenvalue weighted by Gasteiger charge is 2.35. The Morgan fingerprint density at radius 3 is 2.84 bits per heavy atom. The lowest BCUT2D eigenvalue weighted by molar-refractivity contribution is -0.932. The fraction of sp³-hybridized carbons (Fsp3) is 0.545. The van der Waals surface area contributed by atoms with Gasteiger partial charge in [0.2, 0.25) is 5.82 Å². The van der Waals surface area contributed by atoms with E-state index in [0.29, 0.717) is 37.1 Å². The van der Waals surface area contributed by atoms with E-state index >= 15 is 0 Å². The molecule has 2 aromatic heterocycles. The molecule has 31 heavy (non-hydrogen) atoms. The van der Waals surface area contributed by atoms with E-state index in [1.807, 2.05) is 31.2 Å². The number of hydrogen-bond donors (Lipinski definition) is 2. The summed E-state index contributed by atoms with van der Waals surface area (Å²) in [6.07, 6.45) is 2.23. The van der Waals surface area contributed by atoms with Crippen molar-refractivity contribution in [2.75, 3.05) is 33.4 Å². The largest absolute Gasteiger partial charge is 0.494 e. The van der Waals surface area contributed by atoms with E-state index in [1.54, 1.807) is 11.8 Å². The van der Waals surface area contributed by atoms with Crippen molar-refractivity contribution in [1.29, 1.82) is 0 Å². The number of methoxy groups -OCH3 is 1. The highest BCUT2D eigenvalue weighted by Crippen LogP contribution is 2.23. The summed E-state index contributed by atoms with van der Waals surface area (Å²) in [4.78, 5) is 17.6. The number of rotatable bonds is 8. The number of nitrogens with one attached hydrogen (secondary N) is 2. The van der Waals surface area contributed by atoms with Gasteiger partial charge < -0.3 is 19.4 Å². The van der Waals surface area contributed by atoms with Crippen LogP contribution in [0, 0.1) is 5.92 Å². The molecule has 0 amide bonds. The van der Waals surface area contributed by atoms with Gasteiger partial charge in [0.25, 0.3) is 5.56 Å². The average Bonchev–Trinajstić information content (AvgIpc) is 3.22. The first-order valence-electron chi connectivity index (χ1n) is 11.0. The highest BCUT2D eigenvalue weighted by molar-refractivity contribution is 5.80. The van der Waals surface area contributed by atoms with Crippen LogP contribution in [0.1, 0.15) is 44.1 Å². The van der Waals surface area contributed by atoms with E-state index in [-0.39, 0.29) is 11.6 Å². The molecule has 0 spiro atoms. The summed E-state index contributed by atoms with van der Waals surface area (Å²) in [5.74, 6) is 2.18. The number of hydrogen-bond acceptors (Lipinski definition) is 6. The first-order valence-corrected chi connectivity index (χ1v) is 11.0. The van der Waals surface area contributed by atoms with Crippen molar-refractivity contribution < 1.29 is 14.4 Å². The van der Waals surface area contributed by atoms with Crippen LogP contribution >= 0.6 is 0 Å². The van der Waals surface area contributed by atoms with E-state index < -0.39 is 0 Å². The molecule has 1 aromatic carbocycles. The van der Waals surface area contributed by atoms with Crippen LogP contribution in [0.15, 0.2) is 29.1 Å². The minimum absolute atomic E-state index is 0.103. The van der Waals surface area contributed by atoms with Gasteiger partial charge in [0, 0.05) is 18.0 Å². The Morgan fingerprint density at radius 2 is 2.10 bits per heavy atom. The number of H-pyrrole nitrogens is 1. The van der Waals surface area contributed by atoms with Crippen molar-refractivity contribution >= 4 is 10.9 Å². The van der Waals surface area contributed by atoms with Crippen LogP contribution in [0.4, 0.5) is 0 Å². The zero-order valence-electron chi connectivity index (χ0n) is 18.4. The van der Waals surface area contributed by atoms with Gasteiger partial charge in [0.1, 0.15) is 5.75 Å². The van der Waals surface area contributed by atoms with Gasteiger partial charge in [0.15, 0.2) is 6.04 Å². The number of quaternary nitrogens is 1. The quantitative estimate of drug-likeness (QED) is 0.556. The van der Waals surface area contributed by atoms with Crippen molar-refractivity contribution in [1.82, 2.24) is 25.2 Å². The first kappa shape index (κ1) is 21.5. The summed E-state index contributed by atoms with van der Waals surface area (Å²) in [6, 6.07) is 7.46. The fourth-order valence-electron chi connectivity index (χ4n) is 4.39. The molecule has 166 valence electrons. The zero-order chi connectivity index (χ0) is 21.8. The number of aromatic nitrogens is 5. The summed E-state index contributed by atoms with van der Waals surface area (Å²) in [5.41, 5.74) is 1.37. The summed E-state index contributed by atoms with van der Waals surface area (Å²) >= 11 is 0. The lowest BCUT2D eigenvalue weighted by atomic mass is 9.95. The molecule has 1 fully saturated rings. The number of tetrazole rings is 1. The van der Waals surface area contributed by atoms with Crippen molar-refractivity contribution in [2.45, 2.75) is 39.3 Å². The van der Waals surface area contributed by atoms with Crippen LogP contribution in [0.2, 0.25) is 0 Å². The maximum Gasteiger partial charge on any atom is 0.258 e. The lowest BCUT2D eigenvalue weighted by Crippen LogP contribution is -3.13. The molecule has 9 nitrogen and oxygen atoms in total. The van der Waals surface area contributed by atoms with Crippen molar-refractivity contribution in [3.8, 4) is 5.75 Å². The predicted molar refractivity (Wildman–Crippen MR) is 116 cm³/mol. The average molecular weight is 428 g/mol. The Balaban J connectivity index is 1.81. The number of benzene rings is 1. The maximum absolute atomic E-state index is 13.2. The van der Waals surface area contributed by atoms with E-state index in [1.165, 1.54) is 4.90 Å². The van der Waals surface area contributed by atoms with Gasteiger partial charge in [-0.15, -0.1) is 5.10 Å². The summed E-state index contributed by atoms with van der Waals surface area (Å²) in [7, 11) is 1.66. The first-order chi connectivity index (χ1) is 15.1. The molecule has 0 saturated carbocycles. The molecular weight excluding hydrogens is 396 g/mol.